The van der Waals surface area contributed by atoms with E-state index in [9.17, 15) is 27.1 Å². The van der Waals surface area contributed by atoms with E-state index < -0.39 is 21.7 Å². The third kappa shape index (κ3) is 5.03. The standard InChI is InChI=1S/C21H24F2N2O4S/c22-19-7-6-18(14-20(19)23)30(28,29)25-10-8-17(9-11-25)21(27)24(12-13-26)15-16-4-2-1-3-5-16/h1-7,14,17,26H,8-13,15H2. The van der Waals surface area contributed by atoms with Crippen molar-refractivity contribution in [3.05, 3.63) is 65.7 Å². The fourth-order valence-corrected chi connectivity index (χ4v) is 5.06. The number of rotatable bonds is 7. The van der Waals surface area contributed by atoms with E-state index in [0.29, 0.717) is 25.5 Å². The van der Waals surface area contributed by atoms with E-state index in [1.807, 2.05) is 30.3 Å². The molecule has 162 valence electrons. The van der Waals surface area contributed by atoms with Crippen molar-refractivity contribution in [1.82, 2.24) is 9.21 Å². The second-order valence-electron chi connectivity index (χ2n) is 7.22. The number of halogens is 2. The average molecular weight is 438 g/mol. The minimum Gasteiger partial charge on any atom is -0.395 e. The van der Waals surface area contributed by atoms with Crippen molar-refractivity contribution in [2.24, 2.45) is 5.92 Å². The second kappa shape index (κ2) is 9.63. The van der Waals surface area contributed by atoms with Crippen molar-refractivity contribution in [2.45, 2.75) is 24.3 Å². The Morgan fingerprint density at radius 2 is 1.73 bits per heavy atom. The molecule has 0 radical (unpaired) electrons. The van der Waals surface area contributed by atoms with Gasteiger partial charge in [-0.2, -0.15) is 4.31 Å². The first-order valence-corrected chi connectivity index (χ1v) is 11.2. The summed E-state index contributed by atoms with van der Waals surface area (Å²) in [7, 11) is -3.97. The van der Waals surface area contributed by atoms with Crippen LogP contribution in [0, 0.1) is 17.6 Å². The van der Waals surface area contributed by atoms with Crippen LogP contribution in [-0.2, 0) is 21.4 Å². The van der Waals surface area contributed by atoms with Gasteiger partial charge in [0.15, 0.2) is 11.6 Å². The third-order valence-electron chi connectivity index (χ3n) is 5.23. The van der Waals surface area contributed by atoms with Crippen LogP contribution in [0.2, 0.25) is 0 Å². The van der Waals surface area contributed by atoms with Gasteiger partial charge in [0.05, 0.1) is 11.5 Å². The number of piperidine rings is 1. The van der Waals surface area contributed by atoms with Gasteiger partial charge >= 0.3 is 0 Å². The third-order valence-corrected chi connectivity index (χ3v) is 7.12. The highest BCUT2D eigenvalue weighted by Crippen LogP contribution is 2.26. The molecule has 1 amide bonds. The van der Waals surface area contributed by atoms with Gasteiger partial charge in [0.25, 0.3) is 0 Å². The van der Waals surface area contributed by atoms with Crippen LogP contribution < -0.4 is 0 Å². The lowest BCUT2D eigenvalue weighted by atomic mass is 9.96. The zero-order chi connectivity index (χ0) is 21.7. The van der Waals surface area contributed by atoms with E-state index in [1.54, 1.807) is 4.90 Å². The fourth-order valence-electron chi connectivity index (χ4n) is 3.58. The lowest BCUT2D eigenvalue weighted by molar-refractivity contribution is -0.137. The molecular formula is C21H24F2N2O4S. The summed E-state index contributed by atoms with van der Waals surface area (Å²) in [5.74, 6) is -2.82. The summed E-state index contributed by atoms with van der Waals surface area (Å²) < 4.78 is 53.2. The van der Waals surface area contributed by atoms with Crippen molar-refractivity contribution >= 4 is 15.9 Å². The van der Waals surface area contributed by atoms with E-state index in [4.69, 9.17) is 0 Å². The van der Waals surface area contributed by atoms with Crippen molar-refractivity contribution in [3.8, 4) is 0 Å². The predicted octanol–water partition coefficient (Wildman–Crippen LogP) is 2.39. The Hall–Kier alpha value is -2.36. The number of carbonyl (C=O) groups is 1. The Morgan fingerprint density at radius 3 is 2.33 bits per heavy atom. The van der Waals surface area contributed by atoms with Crippen molar-refractivity contribution in [1.29, 1.82) is 0 Å². The van der Waals surface area contributed by atoms with Crippen LogP contribution in [0.5, 0.6) is 0 Å². The molecule has 0 atom stereocenters. The summed E-state index contributed by atoms with van der Waals surface area (Å²) in [6.45, 7) is 0.614. The molecule has 1 heterocycles. The minimum atomic E-state index is -3.97. The minimum absolute atomic E-state index is 0.107. The maximum Gasteiger partial charge on any atom is 0.243 e. The van der Waals surface area contributed by atoms with Crippen molar-refractivity contribution in [3.63, 3.8) is 0 Å². The zero-order valence-corrected chi connectivity index (χ0v) is 17.2. The fraction of sp³-hybridized carbons (Fsp3) is 0.381. The molecule has 1 N–H and O–H groups in total. The molecule has 3 rings (SSSR count). The molecule has 0 saturated carbocycles. The smallest absolute Gasteiger partial charge is 0.243 e. The molecule has 0 unspecified atom stereocenters. The van der Waals surface area contributed by atoms with Crippen molar-refractivity contribution in [2.75, 3.05) is 26.2 Å². The van der Waals surface area contributed by atoms with Gasteiger partial charge in [-0.15, -0.1) is 0 Å². The quantitative estimate of drug-likeness (QED) is 0.720. The van der Waals surface area contributed by atoms with Gasteiger partial charge in [0, 0.05) is 32.1 Å². The summed E-state index contributed by atoms with van der Waals surface area (Å²) in [6.07, 6.45) is 0.636. The van der Waals surface area contributed by atoms with E-state index in [2.05, 4.69) is 0 Å². The maximum absolute atomic E-state index is 13.5. The topological polar surface area (TPSA) is 77.9 Å². The summed E-state index contributed by atoms with van der Waals surface area (Å²) in [6, 6.07) is 11.9. The Labute approximate surface area is 174 Å². The summed E-state index contributed by atoms with van der Waals surface area (Å²) in [5.41, 5.74) is 0.942. The number of carbonyl (C=O) groups excluding carboxylic acids is 1. The Morgan fingerprint density at radius 1 is 1.07 bits per heavy atom. The van der Waals surface area contributed by atoms with Gasteiger partial charge < -0.3 is 10.0 Å². The highest BCUT2D eigenvalue weighted by molar-refractivity contribution is 7.89. The summed E-state index contributed by atoms with van der Waals surface area (Å²) >= 11 is 0. The molecule has 0 aliphatic carbocycles. The molecule has 2 aromatic carbocycles. The number of nitrogens with zero attached hydrogens (tertiary/aromatic N) is 2. The predicted molar refractivity (Wildman–Crippen MR) is 107 cm³/mol. The van der Waals surface area contributed by atoms with Gasteiger partial charge in [-0.3, -0.25) is 4.79 Å². The number of aliphatic hydroxyl groups is 1. The van der Waals surface area contributed by atoms with Crippen LogP contribution >= 0.6 is 0 Å². The van der Waals surface area contributed by atoms with Crippen LogP contribution in [-0.4, -0.2) is 54.9 Å². The second-order valence-corrected chi connectivity index (χ2v) is 9.16. The number of sulfonamides is 1. The number of hydrogen-bond acceptors (Lipinski definition) is 4. The van der Waals surface area contributed by atoms with Crippen LogP contribution in [0.25, 0.3) is 0 Å². The number of aliphatic hydroxyl groups excluding tert-OH is 1. The lowest BCUT2D eigenvalue weighted by Crippen LogP contribution is -2.44. The van der Waals surface area contributed by atoms with Gasteiger partial charge in [-0.05, 0) is 36.6 Å². The molecule has 1 fully saturated rings. The highest BCUT2D eigenvalue weighted by Gasteiger charge is 2.34. The van der Waals surface area contributed by atoms with E-state index in [0.717, 1.165) is 17.7 Å². The first kappa shape index (κ1) is 22.3. The molecule has 30 heavy (non-hydrogen) atoms. The molecule has 1 aliphatic heterocycles. The lowest BCUT2D eigenvalue weighted by Gasteiger charge is -2.33. The molecule has 0 spiro atoms. The summed E-state index contributed by atoms with van der Waals surface area (Å²) in [4.78, 5) is 14.2. The van der Waals surface area contributed by atoms with Crippen LogP contribution in [0.4, 0.5) is 8.78 Å². The Bertz CT molecular complexity index is 978. The van der Waals surface area contributed by atoms with Gasteiger partial charge in [-0.25, -0.2) is 17.2 Å². The maximum atomic E-state index is 13.5. The van der Waals surface area contributed by atoms with Gasteiger partial charge in [0.1, 0.15) is 0 Å². The largest absolute Gasteiger partial charge is 0.395 e. The Kier molecular flexibility index (Phi) is 7.17. The van der Waals surface area contributed by atoms with Gasteiger partial charge in [0.2, 0.25) is 15.9 Å². The molecule has 1 saturated heterocycles. The molecule has 9 heteroatoms. The van der Waals surface area contributed by atoms with E-state index in [1.165, 1.54) is 4.31 Å². The molecule has 1 aliphatic rings. The number of amides is 1. The van der Waals surface area contributed by atoms with Crippen LogP contribution in [0.3, 0.4) is 0 Å². The first-order chi connectivity index (χ1) is 14.3. The molecule has 6 nitrogen and oxygen atoms in total. The van der Waals surface area contributed by atoms with Gasteiger partial charge in [-0.1, -0.05) is 30.3 Å². The van der Waals surface area contributed by atoms with E-state index in [-0.39, 0.29) is 43.0 Å². The SMILES string of the molecule is O=C(C1CCN(S(=O)(=O)c2ccc(F)c(F)c2)CC1)N(CCO)Cc1ccccc1. The Balaban J connectivity index is 1.65. The van der Waals surface area contributed by atoms with E-state index >= 15 is 0 Å². The number of benzene rings is 2. The van der Waals surface area contributed by atoms with Crippen LogP contribution in [0.15, 0.2) is 53.4 Å². The van der Waals surface area contributed by atoms with Crippen molar-refractivity contribution < 1.29 is 27.1 Å². The normalized spacial score (nSPS) is 15.8. The number of hydrogen-bond donors (Lipinski definition) is 1. The molecule has 0 bridgehead atoms. The molecule has 2 aromatic rings. The monoisotopic (exact) mass is 438 g/mol. The molecule has 0 aromatic heterocycles. The molecular weight excluding hydrogens is 414 g/mol. The average Bonchev–Trinajstić information content (AvgIpc) is 2.75. The first-order valence-electron chi connectivity index (χ1n) is 9.71. The van der Waals surface area contributed by atoms with Crippen LogP contribution in [0.1, 0.15) is 18.4 Å². The summed E-state index contributed by atoms with van der Waals surface area (Å²) in [5, 5.41) is 9.34. The highest BCUT2D eigenvalue weighted by atomic mass is 32.2. The zero-order valence-electron chi connectivity index (χ0n) is 16.4.